The molecule has 0 aliphatic heterocycles. The van der Waals surface area contributed by atoms with Gasteiger partial charge in [0.15, 0.2) is 5.37 Å². The molecule has 0 bridgehead atoms. The smallest absolute Gasteiger partial charge is 0.394 e. The minimum atomic E-state index is -4.67. The van der Waals surface area contributed by atoms with Gasteiger partial charge in [-0.1, -0.05) is 26.7 Å². The average Bonchev–Trinajstić information content (AvgIpc) is 2.45. The van der Waals surface area contributed by atoms with Crippen molar-refractivity contribution in [3.63, 3.8) is 0 Å². The number of rotatable bonds is 8. The minimum absolute atomic E-state index is 0.396. The fourth-order valence-corrected chi connectivity index (χ4v) is 3.23. The summed E-state index contributed by atoms with van der Waals surface area (Å²) < 4.78 is 64.4. The summed E-state index contributed by atoms with van der Waals surface area (Å²) in [6, 6.07) is 7.06. The molecule has 0 amide bonds. The predicted molar refractivity (Wildman–Crippen MR) is 97.5 cm³/mol. The Kier molecular flexibility index (Phi) is 9.97. The second-order valence-electron chi connectivity index (χ2n) is 5.34. The van der Waals surface area contributed by atoms with E-state index in [9.17, 15) is 13.0 Å². The van der Waals surface area contributed by atoms with Crippen LogP contribution in [0.5, 0.6) is 0 Å². The normalized spacial score (nSPS) is 12.8. The lowest BCUT2D eigenvalue weighted by Gasteiger charge is -2.31. The van der Waals surface area contributed by atoms with Crippen molar-refractivity contribution >= 4 is 31.9 Å². The Morgan fingerprint density at radius 2 is 1.48 bits per heavy atom. The molecule has 0 heterocycles. The van der Waals surface area contributed by atoms with Crippen LogP contribution in [0.1, 0.15) is 39.5 Å². The molecular weight excluding hydrogens is 372 g/mol. The SMILES string of the molecule is CCCCN(c1ccc(N)cc1)C(CCC)S(=O)(=O)O.O=S(=O)(O)O. The van der Waals surface area contributed by atoms with Crippen LogP contribution in [0, 0.1) is 0 Å². The van der Waals surface area contributed by atoms with Crippen molar-refractivity contribution < 1.29 is 30.5 Å². The lowest BCUT2D eigenvalue weighted by atomic mass is 10.2. The van der Waals surface area contributed by atoms with Gasteiger partial charge in [0.25, 0.3) is 10.1 Å². The second kappa shape index (κ2) is 10.6. The van der Waals surface area contributed by atoms with Crippen LogP contribution >= 0.6 is 0 Å². The summed E-state index contributed by atoms with van der Waals surface area (Å²) in [5.41, 5.74) is 7.06. The van der Waals surface area contributed by atoms with Crippen LogP contribution in [0.3, 0.4) is 0 Å². The maximum Gasteiger partial charge on any atom is 0.394 e. The molecule has 1 rings (SSSR count). The molecule has 146 valence electrons. The summed E-state index contributed by atoms with van der Waals surface area (Å²) in [5, 5.41) is -0.900. The van der Waals surface area contributed by atoms with E-state index in [1.54, 1.807) is 29.2 Å². The van der Waals surface area contributed by atoms with E-state index >= 15 is 0 Å². The van der Waals surface area contributed by atoms with E-state index in [4.69, 9.17) is 23.3 Å². The maximum absolute atomic E-state index is 11.7. The van der Waals surface area contributed by atoms with Gasteiger partial charge in [0, 0.05) is 17.9 Å². The molecule has 0 spiro atoms. The summed E-state index contributed by atoms with van der Waals surface area (Å²) in [6.45, 7) is 4.54. The van der Waals surface area contributed by atoms with Crippen molar-refractivity contribution in [2.24, 2.45) is 0 Å². The molecule has 0 aliphatic carbocycles. The van der Waals surface area contributed by atoms with Crippen molar-refractivity contribution in [2.45, 2.75) is 44.9 Å². The molecule has 1 aromatic carbocycles. The molecule has 0 saturated carbocycles. The molecule has 11 heteroatoms. The predicted octanol–water partition coefficient (Wildman–Crippen LogP) is 2.24. The number of nitrogens with zero attached hydrogens (tertiary/aromatic N) is 1. The van der Waals surface area contributed by atoms with Crippen LogP contribution in [0.4, 0.5) is 11.4 Å². The van der Waals surface area contributed by atoms with Gasteiger partial charge in [-0.05, 0) is 37.1 Å². The monoisotopic (exact) mass is 398 g/mol. The van der Waals surface area contributed by atoms with Crippen molar-refractivity contribution in [3.05, 3.63) is 24.3 Å². The Morgan fingerprint density at radius 3 is 1.84 bits per heavy atom. The van der Waals surface area contributed by atoms with Crippen molar-refractivity contribution in [1.82, 2.24) is 0 Å². The zero-order valence-corrected chi connectivity index (χ0v) is 15.9. The zero-order chi connectivity index (χ0) is 19.7. The van der Waals surface area contributed by atoms with E-state index in [0.717, 1.165) is 18.5 Å². The highest BCUT2D eigenvalue weighted by molar-refractivity contribution is 7.86. The number of hydrogen-bond acceptors (Lipinski definition) is 6. The quantitative estimate of drug-likeness (QED) is 0.380. The van der Waals surface area contributed by atoms with Crippen molar-refractivity contribution in [1.29, 1.82) is 0 Å². The van der Waals surface area contributed by atoms with E-state index in [0.29, 0.717) is 25.1 Å². The molecule has 1 aromatic rings. The van der Waals surface area contributed by atoms with Gasteiger partial charge < -0.3 is 10.6 Å². The van der Waals surface area contributed by atoms with Gasteiger partial charge in [-0.15, -0.1) is 0 Å². The maximum atomic E-state index is 11.7. The number of hydrogen-bond donors (Lipinski definition) is 4. The molecule has 1 atom stereocenters. The van der Waals surface area contributed by atoms with Crippen LogP contribution in [-0.4, -0.2) is 42.4 Å². The molecule has 0 fully saturated rings. The van der Waals surface area contributed by atoms with Crippen molar-refractivity contribution in [2.75, 3.05) is 17.2 Å². The summed E-state index contributed by atoms with van der Waals surface area (Å²) >= 11 is 0. The Labute approximate surface area is 149 Å². The zero-order valence-electron chi connectivity index (χ0n) is 14.2. The number of unbranched alkanes of at least 4 members (excludes halogenated alkanes) is 1. The summed E-state index contributed by atoms with van der Waals surface area (Å²) in [4.78, 5) is 1.75. The van der Waals surface area contributed by atoms with Crippen LogP contribution in [0.25, 0.3) is 0 Å². The average molecular weight is 399 g/mol. The van der Waals surface area contributed by atoms with Crippen LogP contribution in [-0.2, 0) is 20.5 Å². The third-order valence-corrected chi connectivity index (χ3v) is 4.38. The number of nitrogens with two attached hydrogens (primary N) is 1. The number of nitrogen functional groups attached to an aromatic ring is 1. The summed E-state index contributed by atoms with van der Waals surface area (Å²) in [5.74, 6) is 0. The first-order valence-electron chi connectivity index (χ1n) is 7.68. The topological polar surface area (TPSA) is 158 Å². The molecule has 1 unspecified atom stereocenters. The lowest BCUT2D eigenvalue weighted by Crippen LogP contribution is -2.41. The molecule has 0 saturated heterocycles. The summed E-state index contributed by atoms with van der Waals surface area (Å²) in [6.07, 6.45) is 2.89. The standard InChI is InChI=1S/C14H24N2O3S.H2O4S/c1-3-5-11-16(13-9-7-12(15)8-10-13)14(6-4-2)20(17,18)19;1-5(2,3)4/h7-10,14H,3-6,11,15H2,1-2H3,(H,17,18,19);(H2,1,2,3,4). The molecule has 0 aliphatic rings. The molecule has 5 N–H and O–H groups in total. The highest BCUT2D eigenvalue weighted by Gasteiger charge is 2.29. The molecule has 25 heavy (non-hydrogen) atoms. The Balaban J connectivity index is 0.00000101. The van der Waals surface area contributed by atoms with E-state index < -0.39 is 25.9 Å². The van der Waals surface area contributed by atoms with E-state index in [2.05, 4.69) is 0 Å². The third kappa shape index (κ3) is 10.9. The van der Waals surface area contributed by atoms with Gasteiger partial charge >= 0.3 is 10.4 Å². The molecular formula is C14H26N2O7S2. The molecule has 9 nitrogen and oxygen atoms in total. The second-order valence-corrected chi connectivity index (χ2v) is 7.81. The van der Waals surface area contributed by atoms with Gasteiger partial charge in [-0.3, -0.25) is 13.7 Å². The summed E-state index contributed by atoms with van der Waals surface area (Å²) in [7, 11) is -8.79. The largest absolute Gasteiger partial charge is 0.399 e. The van der Waals surface area contributed by atoms with Crippen LogP contribution in [0.15, 0.2) is 24.3 Å². The van der Waals surface area contributed by atoms with Gasteiger partial charge in [0.2, 0.25) is 0 Å². The Morgan fingerprint density at radius 1 is 1.00 bits per heavy atom. The van der Waals surface area contributed by atoms with E-state index in [1.807, 2.05) is 13.8 Å². The third-order valence-electron chi connectivity index (χ3n) is 3.20. The minimum Gasteiger partial charge on any atom is -0.399 e. The van der Waals surface area contributed by atoms with Crippen LogP contribution in [0.2, 0.25) is 0 Å². The van der Waals surface area contributed by atoms with Gasteiger partial charge in [0.1, 0.15) is 0 Å². The van der Waals surface area contributed by atoms with Crippen molar-refractivity contribution in [3.8, 4) is 0 Å². The Bertz CT molecular complexity index is 695. The van der Waals surface area contributed by atoms with Gasteiger partial charge in [-0.25, -0.2) is 0 Å². The van der Waals surface area contributed by atoms with Gasteiger partial charge in [-0.2, -0.15) is 16.8 Å². The first-order valence-corrected chi connectivity index (χ1v) is 10.6. The first kappa shape index (κ1) is 23.6. The fourth-order valence-electron chi connectivity index (χ4n) is 2.15. The van der Waals surface area contributed by atoms with E-state index in [-0.39, 0.29) is 0 Å². The van der Waals surface area contributed by atoms with E-state index in [1.165, 1.54) is 0 Å². The lowest BCUT2D eigenvalue weighted by molar-refractivity contribution is 0.381. The van der Waals surface area contributed by atoms with Crippen LogP contribution < -0.4 is 10.6 Å². The first-order chi connectivity index (χ1) is 11.4. The fraction of sp³-hybridized carbons (Fsp3) is 0.571. The van der Waals surface area contributed by atoms with Gasteiger partial charge in [0.05, 0.1) is 0 Å². The molecule has 0 radical (unpaired) electrons. The molecule has 0 aromatic heterocycles. The Hall–Kier alpha value is -1.40. The highest BCUT2D eigenvalue weighted by atomic mass is 32.3. The number of benzene rings is 1. The highest BCUT2D eigenvalue weighted by Crippen LogP contribution is 2.24. The number of anilines is 2.